The average Bonchev–Trinajstić information content (AvgIpc) is 2.14. The lowest BCUT2D eigenvalue weighted by atomic mass is 10.2. The molecular formula is C11H12BrNO4. The Morgan fingerprint density at radius 3 is 2.18 bits per heavy atom. The molecule has 0 fully saturated rings. The van der Waals surface area contributed by atoms with Gasteiger partial charge in [-0.2, -0.15) is 0 Å². The molecule has 0 saturated heterocycles. The Labute approximate surface area is 107 Å². The van der Waals surface area contributed by atoms with Crippen molar-refractivity contribution in [2.75, 3.05) is 18.0 Å². The van der Waals surface area contributed by atoms with Crippen LogP contribution in [0.25, 0.3) is 0 Å². The van der Waals surface area contributed by atoms with Gasteiger partial charge < -0.3 is 15.1 Å². The summed E-state index contributed by atoms with van der Waals surface area (Å²) in [6.07, 6.45) is 0. The molecule has 0 aliphatic rings. The fourth-order valence-electron chi connectivity index (χ4n) is 1.42. The molecule has 6 heteroatoms. The van der Waals surface area contributed by atoms with Gasteiger partial charge in [-0.1, -0.05) is 6.07 Å². The molecule has 1 aromatic carbocycles. The van der Waals surface area contributed by atoms with Crippen LogP contribution in [0.2, 0.25) is 0 Å². The number of aliphatic carboxylic acids is 2. The summed E-state index contributed by atoms with van der Waals surface area (Å²) in [5.74, 6) is -2.14. The molecule has 5 nitrogen and oxygen atoms in total. The summed E-state index contributed by atoms with van der Waals surface area (Å²) in [6.45, 7) is 1.19. The summed E-state index contributed by atoms with van der Waals surface area (Å²) in [6, 6.07) is 5.31. The summed E-state index contributed by atoms with van der Waals surface area (Å²) in [7, 11) is 0. The first-order chi connectivity index (χ1) is 7.90. The van der Waals surface area contributed by atoms with Crippen LogP contribution in [0.5, 0.6) is 0 Å². The second kappa shape index (κ2) is 5.67. The first-order valence-corrected chi connectivity index (χ1v) is 5.64. The van der Waals surface area contributed by atoms with Crippen molar-refractivity contribution in [2.45, 2.75) is 6.92 Å². The molecule has 0 bridgehead atoms. The van der Waals surface area contributed by atoms with Crippen LogP contribution >= 0.6 is 15.9 Å². The van der Waals surface area contributed by atoms with Crippen molar-refractivity contribution in [1.82, 2.24) is 0 Å². The predicted molar refractivity (Wildman–Crippen MR) is 66.4 cm³/mol. The van der Waals surface area contributed by atoms with E-state index in [1.807, 2.05) is 13.0 Å². The van der Waals surface area contributed by atoms with Crippen molar-refractivity contribution in [2.24, 2.45) is 0 Å². The maximum Gasteiger partial charge on any atom is 0.323 e. The third kappa shape index (κ3) is 4.07. The highest BCUT2D eigenvalue weighted by Gasteiger charge is 2.16. The van der Waals surface area contributed by atoms with Gasteiger partial charge in [0.1, 0.15) is 13.1 Å². The van der Waals surface area contributed by atoms with Gasteiger partial charge >= 0.3 is 11.9 Å². The Hall–Kier alpha value is -1.56. The van der Waals surface area contributed by atoms with Crippen molar-refractivity contribution >= 4 is 33.6 Å². The highest BCUT2D eigenvalue weighted by atomic mass is 79.9. The van der Waals surface area contributed by atoms with Gasteiger partial charge in [0.15, 0.2) is 0 Å². The number of hydrogen-bond acceptors (Lipinski definition) is 3. The fraction of sp³-hybridized carbons (Fsp3) is 0.273. The van der Waals surface area contributed by atoms with Gasteiger partial charge in [0.05, 0.1) is 5.69 Å². The molecule has 0 atom stereocenters. The largest absolute Gasteiger partial charge is 0.480 e. The predicted octanol–water partition coefficient (Wildman–Crippen LogP) is 1.73. The molecule has 1 rings (SSSR count). The van der Waals surface area contributed by atoms with Crippen molar-refractivity contribution in [3.63, 3.8) is 0 Å². The van der Waals surface area contributed by atoms with Gasteiger partial charge in [-0.05, 0) is 40.5 Å². The molecule has 2 N–H and O–H groups in total. The van der Waals surface area contributed by atoms with Crippen molar-refractivity contribution in [1.29, 1.82) is 0 Å². The van der Waals surface area contributed by atoms with Gasteiger partial charge in [-0.3, -0.25) is 9.59 Å². The summed E-state index contributed by atoms with van der Waals surface area (Å²) in [4.78, 5) is 22.7. The van der Waals surface area contributed by atoms with Crippen molar-refractivity contribution < 1.29 is 19.8 Å². The van der Waals surface area contributed by atoms with Gasteiger partial charge in [0.2, 0.25) is 0 Å². The number of halogens is 1. The summed E-state index contributed by atoms with van der Waals surface area (Å²) >= 11 is 3.30. The Morgan fingerprint density at radius 2 is 1.76 bits per heavy atom. The van der Waals surface area contributed by atoms with Crippen LogP contribution in [0, 0.1) is 6.92 Å². The number of benzene rings is 1. The quantitative estimate of drug-likeness (QED) is 0.866. The minimum atomic E-state index is -1.07. The van der Waals surface area contributed by atoms with Crippen LogP contribution < -0.4 is 4.90 Å². The smallest absolute Gasteiger partial charge is 0.323 e. The second-order valence-corrected chi connectivity index (χ2v) is 4.45. The number of hydrogen-bond donors (Lipinski definition) is 2. The molecule has 0 saturated carbocycles. The molecule has 17 heavy (non-hydrogen) atoms. The Kier molecular flexibility index (Phi) is 4.51. The van der Waals surface area contributed by atoms with E-state index in [2.05, 4.69) is 15.9 Å². The number of carboxylic acid groups (broad SMARTS) is 2. The highest BCUT2D eigenvalue weighted by Crippen LogP contribution is 2.27. The van der Waals surface area contributed by atoms with Crippen LogP contribution in [0.15, 0.2) is 22.7 Å². The van der Waals surface area contributed by atoms with Gasteiger partial charge in [-0.15, -0.1) is 0 Å². The summed E-state index contributed by atoms with van der Waals surface area (Å²) in [5.41, 5.74) is 1.56. The van der Waals surface area contributed by atoms with Crippen molar-refractivity contribution in [3.05, 3.63) is 28.2 Å². The maximum atomic E-state index is 10.7. The fourth-order valence-corrected chi connectivity index (χ4v) is 2.17. The number of nitrogens with zero attached hydrogens (tertiary/aromatic N) is 1. The molecule has 0 aliphatic heterocycles. The second-order valence-electron chi connectivity index (χ2n) is 3.60. The van der Waals surface area contributed by atoms with E-state index < -0.39 is 11.9 Å². The molecule has 0 aliphatic carbocycles. The number of carbonyl (C=O) groups is 2. The average molecular weight is 302 g/mol. The minimum absolute atomic E-state index is 0.353. The topological polar surface area (TPSA) is 77.8 Å². The lowest BCUT2D eigenvalue weighted by molar-refractivity contribution is -0.136. The van der Waals surface area contributed by atoms with E-state index in [0.717, 1.165) is 5.56 Å². The highest BCUT2D eigenvalue weighted by molar-refractivity contribution is 9.10. The molecule has 0 heterocycles. The maximum absolute atomic E-state index is 10.7. The zero-order valence-electron chi connectivity index (χ0n) is 9.18. The zero-order valence-corrected chi connectivity index (χ0v) is 10.8. The van der Waals surface area contributed by atoms with Crippen molar-refractivity contribution in [3.8, 4) is 0 Å². The monoisotopic (exact) mass is 301 g/mol. The lowest BCUT2D eigenvalue weighted by Gasteiger charge is -2.22. The molecule has 0 amide bonds. The number of aryl methyl sites for hydroxylation is 1. The van der Waals surface area contributed by atoms with E-state index >= 15 is 0 Å². The summed E-state index contributed by atoms with van der Waals surface area (Å²) < 4.78 is 0.681. The van der Waals surface area contributed by atoms with E-state index in [4.69, 9.17) is 10.2 Å². The number of anilines is 1. The Bertz CT molecular complexity index is 431. The van der Waals surface area contributed by atoms with E-state index in [0.29, 0.717) is 10.2 Å². The molecule has 0 spiro atoms. The van der Waals surface area contributed by atoms with E-state index in [-0.39, 0.29) is 13.1 Å². The minimum Gasteiger partial charge on any atom is -0.480 e. The first kappa shape index (κ1) is 13.5. The molecule has 0 radical (unpaired) electrons. The third-order valence-electron chi connectivity index (χ3n) is 2.10. The Morgan fingerprint density at radius 1 is 1.24 bits per heavy atom. The molecule has 0 unspecified atom stereocenters. The zero-order chi connectivity index (χ0) is 13.0. The van der Waals surface area contributed by atoms with Crippen LogP contribution in [0.3, 0.4) is 0 Å². The van der Waals surface area contributed by atoms with E-state index in [1.54, 1.807) is 12.1 Å². The van der Waals surface area contributed by atoms with Crippen LogP contribution in [-0.4, -0.2) is 35.2 Å². The van der Waals surface area contributed by atoms with Crippen LogP contribution in [0.4, 0.5) is 5.69 Å². The van der Waals surface area contributed by atoms with E-state index in [9.17, 15) is 9.59 Å². The molecule has 92 valence electrons. The SMILES string of the molecule is Cc1ccc(N(CC(=O)O)CC(=O)O)c(Br)c1. The third-order valence-corrected chi connectivity index (χ3v) is 2.73. The first-order valence-electron chi connectivity index (χ1n) is 4.85. The van der Waals surface area contributed by atoms with Gasteiger partial charge in [0.25, 0.3) is 0 Å². The normalized spacial score (nSPS) is 10.0. The van der Waals surface area contributed by atoms with Gasteiger partial charge in [-0.25, -0.2) is 0 Å². The van der Waals surface area contributed by atoms with Crippen LogP contribution in [-0.2, 0) is 9.59 Å². The number of rotatable bonds is 5. The number of carboxylic acids is 2. The molecular weight excluding hydrogens is 290 g/mol. The molecule has 0 aromatic heterocycles. The van der Waals surface area contributed by atoms with Gasteiger partial charge in [0, 0.05) is 4.47 Å². The Balaban J connectivity index is 3.02. The standard InChI is InChI=1S/C11H12BrNO4/c1-7-2-3-9(8(12)4-7)13(5-10(14)15)6-11(16)17/h2-4H,5-6H2,1H3,(H,14,15)(H,16,17). The molecule has 1 aromatic rings. The van der Waals surface area contributed by atoms with E-state index in [1.165, 1.54) is 4.90 Å². The van der Waals surface area contributed by atoms with Crippen LogP contribution in [0.1, 0.15) is 5.56 Å². The summed E-state index contributed by atoms with van der Waals surface area (Å²) in [5, 5.41) is 17.5. The lowest BCUT2D eigenvalue weighted by Crippen LogP contribution is -2.34.